The standard InChI is InChI=1S/C38H28BNO2/c1-42-34-21-19-33(20-22-34)40(39(31-13-7-3-8-14-31)32-15-9-4-10-16-32)35-23-17-28-25-30(27-11-5-2-6-12-27)26-29-18-24-36(41)38(35)37(28)29/h2-26H,1H3. The predicted octanol–water partition coefficient (Wildman–Crippen LogP) is 7.67. The maximum Gasteiger partial charge on any atom is 0.328 e. The molecule has 1 aliphatic rings. The third-order valence-electron chi connectivity index (χ3n) is 7.99. The summed E-state index contributed by atoms with van der Waals surface area (Å²) in [5.41, 5.74) is 8.15. The van der Waals surface area contributed by atoms with Crippen LogP contribution in [0.5, 0.6) is 5.75 Å². The van der Waals surface area contributed by atoms with Crippen LogP contribution >= 0.6 is 0 Å². The van der Waals surface area contributed by atoms with E-state index >= 15 is 0 Å². The number of anilines is 2. The van der Waals surface area contributed by atoms with E-state index in [0.29, 0.717) is 0 Å². The van der Waals surface area contributed by atoms with Crippen LogP contribution in [-0.2, 0) is 0 Å². The fourth-order valence-corrected chi connectivity index (χ4v) is 6.05. The largest absolute Gasteiger partial charge is 0.497 e. The van der Waals surface area contributed by atoms with Crippen LogP contribution in [0.25, 0.3) is 28.0 Å². The minimum Gasteiger partial charge on any atom is -0.497 e. The van der Waals surface area contributed by atoms with E-state index < -0.39 is 0 Å². The number of hydrogen-bond acceptors (Lipinski definition) is 3. The average Bonchev–Trinajstić information content (AvgIpc) is 3.06. The number of hydrogen-bond donors (Lipinski definition) is 0. The Kier molecular flexibility index (Phi) is 6.65. The van der Waals surface area contributed by atoms with Gasteiger partial charge in [0.15, 0.2) is 5.78 Å². The molecule has 0 spiro atoms. The van der Waals surface area contributed by atoms with Crippen molar-refractivity contribution >= 4 is 51.8 Å². The molecule has 6 aromatic carbocycles. The number of nitrogens with zero attached hydrogens (tertiary/aromatic N) is 1. The lowest BCUT2D eigenvalue weighted by Crippen LogP contribution is -2.55. The van der Waals surface area contributed by atoms with Crippen LogP contribution in [0.15, 0.2) is 146 Å². The second kappa shape index (κ2) is 10.9. The molecule has 0 aliphatic heterocycles. The maximum absolute atomic E-state index is 13.8. The van der Waals surface area contributed by atoms with E-state index in [0.717, 1.165) is 61.1 Å². The van der Waals surface area contributed by atoms with Crippen LogP contribution in [0.3, 0.4) is 0 Å². The summed E-state index contributed by atoms with van der Waals surface area (Å²) >= 11 is 0. The Balaban J connectivity index is 1.50. The van der Waals surface area contributed by atoms with Gasteiger partial charge in [-0.2, -0.15) is 0 Å². The molecule has 0 N–H and O–H groups in total. The molecule has 0 heterocycles. The van der Waals surface area contributed by atoms with Crippen molar-refractivity contribution < 1.29 is 9.53 Å². The van der Waals surface area contributed by atoms with E-state index in [9.17, 15) is 4.79 Å². The van der Waals surface area contributed by atoms with Gasteiger partial charge in [0.05, 0.1) is 12.7 Å². The van der Waals surface area contributed by atoms with Crippen LogP contribution in [-0.4, -0.2) is 19.7 Å². The van der Waals surface area contributed by atoms with Gasteiger partial charge in [-0.3, -0.25) is 4.79 Å². The molecule has 0 amide bonds. The Labute approximate surface area is 246 Å². The molecule has 0 saturated heterocycles. The number of ketones is 1. The van der Waals surface area contributed by atoms with Gasteiger partial charge in [-0.1, -0.05) is 114 Å². The van der Waals surface area contributed by atoms with Crippen molar-refractivity contribution in [3.63, 3.8) is 0 Å². The number of ether oxygens (including phenoxy) is 1. The molecule has 0 fully saturated rings. The highest BCUT2D eigenvalue weighted by Crippen LogP contribution is 2.41. The number of rotatable bonds is 7. The summed E-state index contributed by atoms with van der Waals surface area (Å²) in [7, 11) is 1.67. The zero-order chi connectivity index (χ0) is 28.5. The predicted molar refractivity (Wildman–Crippen MR) is 176 cm³/mol. The van der Waals surface area contributed by atoms with Crippen molar-refractivity contribution in [2.45, 2.75) is 0 Å². The van der Waals surface area contributed by atoms with Crippen LogP contribution in [0, 0.1) is 0 Å². The Bertz CT molecular complexity index is 1880. The van der Waals surface area contributed by atoms with E-state index in [2.05, 4.69) is 114 Å². The molecule has 0 radical (unpaired) electrons. The zero-order valence-corrected chi connectivity index (χ0v) is 23.3. The summed E-state index contributed by atoms with van der Waals surface area (Å²) in [6.07, 6.45) is 3.67. The fraction of sp³-hybridized carbons (Fsp3) is 0.0263. The van der Waals surface area contributed by atoms with Gasteiger partial charge in [0.1, 0.15) is 5.75 Å². The summed E-state index contributed by atoms with van der Waals surface area (Å²) in [6.45, 7) is -0.180. The SMILES string of the molecule is COc1ccc(N(B(c2ccccc2)c2ccccc2)c2ccc3cc(-c4ccccc4)cc4c3c2C(=O)C=C4)cc1. The third kappa shape index (κ3) is 4.57. The molecule has 3 nitrogen and oxygen atoms in total. The first-order valence-electron chi connectivity index (χ1n) is 14.1. The summed E-state index contributed by atoms with van der Waals surface area (Å²) in [5, 5.41) is 2.03. The van der Waals surface area contributed by atoms with E-state index in [4.69, 9.17) is 4.74 Å². The molecule has 1 aliphatic carbocycles. The number of allylic oxidation sites excluding steroid dienone is 1. The van der Waals surface area contributed by atoms with Crippen molar-refractivity contribution in [2.24, 2.45) is 0 Å². The van der Waals surface area contributed by atoms with Crippen molar-refractivity contribution in [3.8, 4) is 16.9 Å². The van der Waals surface area contributed by atoms with Gasteiger partial charge in [0, 0.05) is 16.8 Å². The van der Waals surface area contributed by atoms with Gasteiger partial charge in [0.2, 0.25) is 0 Å². The molecule has 7 rings (SSSR count). The Hall–Kier alpha value is -5.35. The first-order chi connectivity index (χ1) is 20.7. The molecular weight excluding hydrogens is 513 g/mol. The fourth-order valence-electron chi connectivity index (χ4n) is 6.05. The minimum atomic E-state index is -0.180. The molecule has 4 heteroatoms. The van der Waals surface area contributed by atoms with Crippen molar-refractivity contribution in [1.29, 1.82) is 0 Å². The Morgan fingerprint density at radius 3 is 1.86 bits per heavy atom. The topological polar surface area (TPSA) is 29.5 Å². The van der Waals surface area contributed by atoms with Gasteiger partial charge in [-0.05, 0) is 70.6 Å². The number of carbonyl (C=O) groups is 1. The van der Waals surface area contributed by atoms with Crippen LogP contribution in [0.2, 0.25) is 0 Å². The number of benzene rings is 6. The molecule has 0 aromatic heterocycles. The molecule has 42 heavy (non-hydrogen) atoms. The molecule has 0 saturated carbocycles. The zero-order valence-electron chi connectivity index (χ0n) is 23.3. The smallest absolute Gasteiger partial charge is 0.328 e. The molecule has 0 bridgehead atoms. The van der Waals surface area contributed by atoms with Crippen LogP contribution in [0.4, 0.5) is 11.4 Å². The van der Waals surface area contributed by atoms with Crippen molar-refractivity contribution in [1.82, 2.24) is 0 Å². The summed E-state index contributed by atoms with van der Waals surface area (Å²) < 4.78 is 5.49. The summed E-state index contributed by atoms with van der Waals surface area (Å²) in [5.74, 6) is 0.790. The molecule has 0 unspecified atom stereocenters. The first kappa shape index (κ1) is 25.6. The second-order valence-corrected chi connectivity index (χ2v) is 10.5. The second-order valence-electron chi connectivity index (χ2n) is 10.5. The van der Waals surface area contributed by atoms with E-state index in [-0.39, 0.29) is 12.6 Å². The normalized spacial score (nSPS) is 11.9. The summed E-state index contributed by atoms with van der Waals surface area (Å²) in [4.78, 5) is 16.1. The lowest BCUT2D eigenvalue weighted by molar-refractivity contribution is 0.104. The monoisotopic (exact) mass is 541 g/mol. The van der Waals surface area contributed by atoms with Gasteiger partial charge in [0.25, 0.3) is 0 Å². The van der Waals surface area contributed by atoms with Gasteiger partial charge >= 0.3 is 6.85 Å². The van der Waals surface area contributed by atoms with Gasteiger partial charge in [-0.25, -0.2) is 0 Å². The first-order valence-corrected chi connectivity index (χ1v) is 14.1. The average molecular weight is 541 g/mol. The highest BCUT2D eigenvalue weighted by atomic mass is 16.5. The third-order valence-corrected chi connectivity index (χ3v) is 7.99. The van der Waals surface area contributed by atoms with Gasteiger partial charge < -0.3 is 9.55 Å². The maximum atomic E-state index is 13.8. The molecule has 0 atom stereocenters. The lowest BCUT2D eigenvalue weighted by atomic mass is 9.48. The van der Waals surface area contributed by atoms with Crippen LogP contribution in [0.1, 0.15) is 15.9 Å². The Morgan fingerprint density at radius 2 is 1.24 bits per heavy atom. The van der Waals surface area contributed by atoms with Gasteiger partial charge in [-0.15, -0.1) is 0 Å². The van der Waals surface area contributed by atoms with Crippen molar-refractivity contribution in [2.75, 3.05) is 11.9 Å². The lowest BCUT2D eigenvalue weighted by Gasteiger charge is -2.35. The summed E-state index contributed by atoms with van der Waals surface area (Å²) in [6, 6.07) is 48.1. The van der Waals surface area contributed by atoms with Crippen molar-refractivity contribution in [3.05, 3.63) is 157 Å². The quantitative estimate of drug-likeness (QED) is 0.194. The molecule has 6 aromatic rings. The molecule has 200 valence electrons. The minimum absolute atomic E-state index is 0.00828. The molecular formula is C38H28BNO2. The van der Waals surface area contributed by atoms with E-state index in [1.165, 1.54) is 0 Å². The highest BCUT2D eigenvalue weighted by Gasteiger charge is 2.33. The van der Waals surface area contributed by atoms with Crippen LogP contribution < -0.4 is 20.5 Å². The number of methoxy groups -OCH3 is 1. The highest BCUT2D eigenvalue weighted by molar-refractivity contribution is 6.89. The number of carbonyl (C=O) groups excluding carboxylic acids is 1. The van der Waals surface area contributed by atoms with E-state index in [1.54, 1.807) is 13.2 Å². The Morgan fingerprint density at radius 1 is 0.619 bits per heavy atom. The van der Waals surface area contributed by atoms with E-state index in [1.807, 2.05) is 36.4 Å².